The van der Waals surface area contributed by atoms with Crippen LogP contribution in [0.1, 0.15) is 34.8 Å². The molecule has 1 amide bonds. The Hall–Kier alpha value is -2.54. The number of benzene rings is 2. The minimum atomic E-state index is -3.39. The van der Waals surface area contributed by atoms with Crippen molar-refractivity contribution < 1.29 is 17.9 Å². The van der Waals surface area contributed by atoms with Crippen LogP contribution in [0.3, 0.4) is 0 Å². The van der Waals surface area contributed by atoms with Crippen molar-refractivity contribution in [2.24, 2.45) is 5.92 Å². The molecule has 6 nitrogen and oxygen atoms in total. The van der Waals surface area contributed by atoms with Crippen LogP contribution in [0.5, 0.6) is 5.75 Å². The van der Waals surface area contributed by atoms with Crippen LogP contribution in [0, 0.1) is 5.92 Å². The summed E-state index contributed by atoms with van der Waals surface area (Å²) >= 11 is 0. The largest absolute Gasteiger partial charge is 0.497 e. The first-order valence-corrected chi connectivity index (χ1v) is 10.3. The van der Waals surface area contributed by atoms with E-state index >= 15 is 0 Å². The van der Waals surface area contributed by atoms with Crippen LogP contribution in [0.4, 0.5) is 5.69 Å². The lowest BCUT2D eigenvalue weighted by Gasteiger charge is -2.19. The zero-order valence-corrected chi connectivity index (χ0v) is 15.5. The molecule has 1 saturated carbocycles. The Balaban J connectivity index is 1.77. The molecule has 1 aliphatic rings. The molecule has 0 saturated heterocycles. The molecule has 2 N–H and O–H groups in total. The summed E-state index contributed by atoms with van der Waals surface area (Å²) in [7, 11) is -1.77. The van der Waals surface area contributed by atoms with Gasteiger partial charge in [-0.3, -0.25) is 9.52 Å². The van der Waals surface area contributed by atoms with Crippen LogP contribution < -0.4 is 14.8 Å². The van der Waals surface area contributed by atoms with E-state index in [0.717, 1.165) is 30.4 Å². The standard InChI is InChI=1S/C19H22N2O4S/c1-25-17-10-8-14(9-11-17)18(13-6-7-13)20-19(22)15-4-3-5-16(12-15)21-26(2,23)24/h3-5,8-13,18,21H,6-7H2,1-2H3,(H,20,22). The van der Waals surface area contributed by atoms with E-state index in [4.69, 9.17) is 4.74 Å². The lowest BCUT2D eigenvalue weighted by Crippen LogP contribution is -2.30. The van der Waals surface area contributed by atoms with E-state index in [0.29, 0.717) is 17.2 Å². The van der Waals surface area contributed by atoms with Gasteiger partial charge in [0, 0.05) is 11.3 Å². The molecule has 2 aromatic carbocycles. The van der Waals surface area contributed by atoms with Crippen molar-refractivity contribution in [1.82, 2.24) is 5.32 Å². The van der Waals surface area contributed by atoms with Gasteiger partial charge in [0.2, 0.25) is 10.0 Å². The predicted octanol–water partition coefficient (Wildman–Crippen LogP) is 2.95. The highest BCUT2D eigenvalue weighted by atomic mass is 32.2. The number of nitrogens with one attached hydrogen (secondary N) is 2. The van der Waals surface area contributed by atoms with Crippen molar-refractivity contribution in [3.05, 3.63) is 59.7 Å². The van der Waals surface area contributed by atoms with Crippen molar-refractivity contribution in [3.63, 3.8) is 0 Å². The molecule has 1 aliphatic carbocycles. The van der Waals surface area contributed by atoms with Gasteiger partial charge in [-0.2, -0.15) is 0 Å². The second kappa shape index (κ2) is 7.37. The van der Waals surface area contributed by atoms with Gasteiger partial charge in [0.15, 0.2) is 0 Å². The quantitative estimate of drug-likeness (QED) is 0.780. The third-order valence-electron chi connectivity index (χ3n) is 4.28. The first kappa shape index (κ1) is 18.3. The molecular weight excluding hydrogens is 352 g/mol. The van der Waals surface area contributed by atoms with Gasteiger partial charge in [-0.15, -0.1) is 0 Å². The Morgan fingerprint density at radius 3 is 2.42 bits per heavy atom. The van der Waals surface area contributed by atoms with Crippen LogP contribution >= 0.6 is 0 Å². The maximum atomic E-state index is 12.7. The van der Waals surface area contributed by atoms with Crippen molar-refractivity contribution in [3.8, 4) is 5.75 Å². The number of hydrogen-bond donors (Lipinski definition) is 2. The van der Waals surface area contributed by atoms with Crippen molar-refractivity contribution in [1.29, 1.82) is 0 Å². The third kappa shape index (κ3) is 4.76. The molecule has 3 rings (SSSR count). The summed E-state index contributed by atoms with van der Waals surface area (Å²) in [4.78, 5) is 12.7. The zero-order chi connectivity index (χ0) is 18.7. The number of rotatable bonds is 7. The van der Waals surface area contributed by atoms with E-state index in [9.17, 15) is 13.2 Å². The van der Waals surface area contributed by atoms with Crippen LogP contribution in [0.2, 0.25) is 0 Å². The second-order valence-corrected chi connectivity index (χ2v) is 8.27. The Morgan fingerprint density at radius 2 is 1.85 bits per heavy atom. The summed E-state index contributed by atoms with van der Waals surface area (Å²) in [5.41, 5.74) is 1.82. The molecule has 0 spiro atoms. The van der Waals surface area contributed by atoms with E-state index in [2.05, 4.69) is 10.0 Å². The van der Waals surface area contributed by atoms with Gasteiger partial charge in [-0.05, 0) is 54.7 Å². The van der Waals surface area contributed by atoms with Gasteiger partial charge in [0.1, 0.15) is 5.75 Å². The molecular formula is C19H22N2O4S. The van der Waals surface area contributed by atoms with Gasteiger partial charge in [0.05, 0.1) is 19.4 Å². The summed E-state index contributed by atoms with van der Waals surface area (Å²) in [5.74, 6) is 0.966. The van der Waals surface area contributed by atoms with Gasteiger partial charge in [0.25, 0.3) is 5.91 Å². The van der Waals surface area contributed by atoms with E-state index in [1.165, 1.54) is 6.07 Å². The van der Waals surface area contributed by atoms with Crippen LogP contribution in [0.15, 0.2) is 48.5 Å². The highest BCUT2D eigenvalue weighted by Crippen LogP contribution is 2.41. The van der Waals surface area contributed by atoms with Crippen LogP contribution in [0.25, 0.3) is 0 Å². The molecule has 0 heterocycles. The number of amides is 1. The van der Waals surface area contributed by atoms with Crippen molar-refractivity contribution >= 4 is 21.6 Å². The fourth-order valence-electron chi connectivity index (χ4n) is 2.88. The summed E-state index contributed by atoms with van der Waals surface area (Å²) in [6.45, 7) is 0. The number of sulfonamides is 1. The van der Waals surface area contributed by atoms with Gasteiger partial charge < -0.3 is 10.1 Å². The average molecular weight is 374 g/mol. The lowest BCUT2D eigenvalue weighted by molar-refractivity contribution is 0.0931. The SMILES string of the molecule is COc1ccc(C(NC(=O)c2cccc(NS(C)(=O)=O)c2)C2CC2)cc1. The molecule has 0 bridgehead atoms. The number of carbonyl (C=O) groups is 1. The average Bonchev–Trinajstić information content (AvgIpc) is 3.43. The van der Waals surface area contributed by atoms with E-state index < -0.39 is 10.0 Å². The molecule has 0 radical (unpaired) electrons. The second-order valence-electron chi connectivity index (χ2n) is 6.52. The van der Waals surface area contributed by atoms with Gasteiger partial charge >= 0.3 is 0 Å². The summed E-state index contributed by atoms with van der Waals surface area (Å²) in [6.07, 6.45) is 3.23. The van der Waals surface area contributed by atoms with E-state index in [1.807, 2.05) is 24.3 Å². The summed E-state index contributed by atoms with van der Waals surface area (Å²) in [5, 5.41) is 3.08. The van der Waals surface area contributed by atoms with Crippen LogP contribution in [-0.2, 0) is 10.0 Å². The Morgan fingerprint density at radius 1 is 1.15 bits per heavy atom. The molecule has 2 aromatic rings. The van der Waals surface area contributed by atoms with Crippen molar-refractivity contribution in [2.45, 2.75) is 18.9 Å². The molecule has 138 valence electrons. The molecule has 26 heavy (non-hydrogen) atoms. The normalized spacial score (nSPS) is 15.2. The van der Waals surface area contributed by atoms with Crippen molar-refractivity contribution in [2.75, 3.05) is 18.1 Å². The fourth-order valence-corrected chi connectivity index (χ4v) is 3.43. The topological polar surface area (TPSA) is 84.5 Å². The van der Waals surface area contributed by atoms with E-state index in [1.54, 1.807) is 25.3 Å². The predicted molar refractivity (Wildman–Crippen MR) is 101 cm³/mol. The third-order valence-corrected chi connectivity index (χ3v) is 4.89. The number of anilines is 1. The highest BCUT2D eigenvalue weighted by molar-refractivity contribution is 7.92. The van der Waals surface area contributed by atoms with Crippen LogP contribution in [-0.4, -0.2) is 27.7 Å². The Bertz CT molecular complexity index is 890. The highest BCUT2D eigenvalue weighted by Gasteiger charge is 2.33. The maximum absolute atomic E-state index is 12.7. The molecule has 0 aliphatic heterocycles. The Kier molecular flexibility index (Phi) is 5.18. The lowest BCUT2D eigenvalue weighted by atomic mass is 10.0. The molecule has 7 heteroatoms. The summed E-state index contributed by atoms with van der Waals surface area (Å²) in [6, 6.07) is 14.1. The molecule has 0 aromatic heterocycles. The number of ether oxygens (including phenoxy) is 1. The number of hydrogen-bond acceptors (Lipinski definition) is 4. The zero-order valence-electron chi connectivity index (χ0n) is 14.7. The minimum Gasteiger partial charge on any atom is -0.497 e. The monoisotopic (exact) mass is 374 g/mol. The number of methoxy groups -OCH3 is 1. The first-order chi connectivity index (χ1) is 12.4. The number of carbonyl (C=O) groups excluding carboxylic acids is 1. The first-order valence-electron chi connectivity index (χ1n) is 8.38. The summed E-state index contributed by atoms with van der Waals surface area (Å²) < 4.78 is 30.3. The van der Waals surface area contributed by atoms with Gasteiger partial charge in [-0.1, -0.05) is 18.2 Å². The molecule has 1 atom stereocenters. The smallest absolute Gasteiger partial charge is 0.251 e. The molecule has 1 unspecified atom stereocenters. The molecule has 1 fully saturated rings. The fraction of sp³-hybridized carbons (Fsp3) is 0.316. The Labute approximate surface area is 153 Å². The maximum Gasteiger partial charge on any atom is 0.251 e. The van der Waals surface area contributed by atoms with Gasteiger partial charge in [-0.25, -0.2) is 8.42 Å². The minimum absolute atomic E-state index is 0.0695. The van der Waals surface area contributed by atoms with E-state index in [-0.39, 0.29) is 11.9 Å².